The molecule has 0 radical (unpaired) electrons. The Bertz CT molecular complexity index is 965. The maximum absolute atomic E-state index is 12.6. The van der Waals surface area contributed by atoms with E-state index in [1.54, 1.807) is 0 Å². The van der Waals surface area contributed by atoms with E-state index in [2.05, 4.69) is 62.5 Å². The highest BCUT2D eigenvalue weighted by molar-refractivity contribution is 7.47. The zero-order valence-corrected chi connectivity index (χ0v) is 34.6. The van der Waals surface area contributed by atoms with Gasteiger partial charge in [0, 0.05) is 13.0 Å². The minimum atomic E-state index is -4.51. The van der Waals surface area contributed by atoms with E-state index in [9.17, 15) is 19.4 Å². The van der Waals surface area contributed by atoms with E-state index in [-0.39, 0.29) is 25.6 Å². The maximum Gasteiger partial charge on any atom is 0.472 e. The predicted octanol–water partition coefficient (Wildman–Crippen LogP) is 11.4. The fourth-order valence-corrected chi connectivity index (χ4v) is 6.37. The Morgan fingerprint density at radius 1 is 0.604 bits per heavy atom. The molecule has 0 aromatic carbocycles. The highest BCUT2D eigenvalue weighted by Gasteiger charge is 2.26. The third-order valence-electron chi connectivity index (χ3n) is 8.78. The largest absolute Gasteiger partial charge is 0.472 e. The molecular weight excluding hydrogens is 691 g/mol. The topological polar surface area (TPSA) is 132 Å². The van der Waals surface area contributed by atoms with Crippen LogP contribution in [0.2, 0.25) is 0 Å². The van der Waals surface area contributed by atoms with Gasteiger partial charge in [-0.2, -0.15) is 0 Å². The number of esters is 1. The van der Waals surface area contributed by atoms with Gasteiger partial charge < -0.3 is 24.6 Å². The molecule has 0 fully saturated rings. The molecule has 3 atom stereocenters. The molecule has 0 heterocycles. The van der Waals surface area contributed by atoms with E-state index in [1.807, 2.05) is 0 Å². The van der Waals surface area contributed by atoms with Gasteiger partial charge in [0.2, 0.25) is 0 Å². The predicted molar refractivity (Wildman–Crippen MR) is 219 cm³/mol. The van der Waals surface area contributed by atoms with Gasteiger partial charge in [0.1, 0.15) is 12.2 Å². The van der Waals surface area contributed by atoms with Crippen LogP contribution in [0.3, 0.4) is 0 Å². The number of rotatable bonds is 40. The molecule has 3 N–H and O–H groups in total. The van der Waals surface area contributed by atoms with Crippen LogP contribution >= 0.6 is 7.82 Å². The molecule has 310 valence electrons. The smallest absolute Gasteiger partial charge is 0.457 e. The second kappa shape index (κ2) is 40.1. The van der Waals surface area contributed by atoms with Gasteiger partial charge in [0.15, 0.2) is 0 Å². The highest BCUT2D eigenvalue weighted by atomic mass is 31.2. The van der Waals surface area contributed by atoms with Crippen LogP contribution in [0.15, 0.2) is 48.6 Å². The highest BCUT2D eigenvalue weighted by Crippen LogP contribution is 2.43. The number of phosphoric acid groups is 1. The molecule has 0 amide bonds. The third kappa shape index (κ3) is 39.9. The summed E-state index contributed by atoms with van der Waals surface area (Å²) < 4.78 is 33.2. The number of ether oxygens (including phenoxy) is 2. The number of hydrogen-bond donors (Lipinski definition) is 3. The first-order chi connectivity index (χ1) is 25.8. The van der Waals surface area contributed by atoms with Crippen LogP contribution in [0.25, 0.3) is 0 Å². The van der Waals surface area contributed by atoms with Crippen molar-refractivity contribution in [3.8, 4) is 0 Å². The molecule has 0 aliphatic heterocycles. The molecule has 0 spiro atoms. The molecule has 0 aromatic heterocycles. The lowest BCUT2D eigenvalue weighted by molar-refractivity contribution is -0.154. The molecule has 53 heavy (non-hydrogen) atoms. The number of carbonyl (C=O) groups excluding carboxylic acids is 1. The van der Waals surface area contributed by atoms with Crippen LogP contribution in [0, 0.1) is 0 Å². The van der Waals surface area contributed by atoms with Crippen molar-refractivity contribution < 1.29 is 43.0 Å². The number of unbranched alkanes of at least 4 members (excludes halogenated alkanes) is 18. The molecule has 0 rings (SSSR count). The number of phosphoric ester groups is 1. The first-order valence-corrected chi connectivity index (χ1v) is 22.6. The van der Waals surface area contributed by atoms with Crippen molar-refractivity contribution in [1.82, 2.24) is 0 Å². The average Bonchev–Trinajstić information content (AvgIpc) is 3.15. The Kier molecular flexibility index (Phi) is 38.9. The number of carbonyl (C=O) groups is 1. The van der Waals surface area contributed by atoms with Crippen LogP contribution in [0.4, 0.5) is 0 Å². The van der Waals surface area contributed by atoms with Crippen molar-refractivity contribution in [2.45, 2.75) is 187 Å². The fraction of sp³-hybridized carbons (Fsp3) is 0.791. The summed E-state index contributed by atoms with van der Waals surface area (Å²) in [7, 11) is -4.51. The minimum Gasteiger partial charge on any atom is -0.457 e. The lowest BCUT2D eigenvalue weighted by atomic mass is 10.0. The molecule has 10 heteroatoms. The van der Waals surface area contributed by atoms with Crippen LogP contribution in [-0.4, -0.2) is 66.3 Å². The second-order valence-corrected chi connectivity index (χ2v) is 15.4. The van der Waals surface area contributed by atoms with E-state index in [0.29, 0.717) is 6.61 Å². The van der Waals surface area contributed by atoms with Gasteiger partial charge in [-0.15, -0.1) is 0 Å². The summed E-state index contributed by atoms with van der Waals surface area (Å²) in [6.07, 6.45) is 43.6. The summed E-state index contributed by atoms with van der Waals surface area (Å²) in [5, 5.41) is 18.3. The summed E-state index contributed by atoms with van der Waals surface area (Å²) in [5.41, 5.74) is 0. The lowest BCUT2D eigenvalue weighted by Crippen LogP contribution is -2.29. The van der Waals surface area contributed by atoms with Crippen molar-refractivity contribution in [1.29, 1.82) is 0 Å². The van der Waals surface area contributed by atoms with E-state index in [0.717, 1.165) is 77.0 Å². The Morgan fingerprint density at radius 2 is 1.08 bits per heavy atom. The van der Waals surface area contributed by atoms with Crippen molar-refractivity contribution >= 4 is 13.8 Å². The van der Waals surface area contributed by atoms with Gasteiger partial charge in [-0.1, -0.05) is 165 Å². The van der Waals surface area contributed by atoms with Gasteiger partial charge in [-0.05, 0) is 51.4 Å². The third-order valence-corrected chi connectivity index (χ3v) is 9.73. The SMILES string of the molecule is CC/C=C\C/C=C\C/C=C\C/C=C\CCCCCCCCCCCCC(=O)OC(COCCCCCCCCCCC)COP(=O)(O)OCC(O)CO. The van der Waals surface area contributed by atoms with Gasteiger partial charge in [0.05, 0.1) is 26.4 Å². The summed E-state index contributed by atoms with van der Waals surface area (Å²) >= 11 is 0. The second-order valence-electron chi connectivity index (χ2n) is 14.0. The Morgan fingerprint density at radius 3 is 1.62 bits per heavy atom. The van der Waals surface area contributed by atoms with Gasteiger partial charge >= 0.3 is 13.8 Å². The van der Waals surface area contributed by atoms with Gasteiger partial charge in [-0.25, -0.2) is 4.57 Å². The zero-order chi connectivity index (χ0) is 38.9. The summed E-state index contributed by atoms with van der Waals surface area (Å²) in [6.45, 7) is 3.38. The molecule has 3 unspecified atom stereocenters. The normalized spacial score (nSPS) is 14.6. The van der Waals surface area contributed by atoms with Crippen LogP contribution in [0.1, 0.15) is 174 Å². The van der Waals surface area contributed by atoms with Crippen molar-refractivity contribution in [3.63, 3.8) is 0 Å². The van der Waals surface area contributed by atoms with Gasteiger partial charge in [-0.3, -0.25) is 13.8 Å². The van der Waals surface area contributed by atoms with Gasteiger partial charge in [0.25, 0.3) is 0 Å². The summed E-state index contributed by atoms with van der Waals surface area (Å²) in [5.74, 6) is -0.389. The molecule has 0 bridgehead atoms. The molecular formula is C43H79O9P. The summed E-state index contributed by atoms with van der Waals surface area (Å²) in [6, 6.07) is 0. The number of hydrogen-bond acceptors (Lipinski definition) is 8. The lowest BCUT2D eigenvalue weighted by Gasteiger charge is -2.20. The molecule has 0 aliphatic rings. The van der Waals surface area contributed by atoms with E-state index < -0.39 is 33.2 Å². The van der Waals surface area contributed by atoms with Crippen molar-refractivity contribution in [2.75, 3.05) is 33.0 Å². The van der Waals surface area contributed by atoms with E-state index in [1.165, 1.54) is 77.0 Å². The Labute approximate surface area is 324 Å². The summed E-state index contributed by atoms with van der Waals surface area (Å²) in [4.78, 5) is 22.5. The first-order valence-electron chi connectivity index (χ1n) is 21.1. The van der Waals surface area contributed by atoms with Crippen molar-refractivity contribution in [3.05, 3.63) is 48.6 Å². The molecule has 0 saturated heterocycles. The first kappa shape index (κ1) is 51.4. The van der Waals surface area contributed by atoms with Crippen molar-refractivity contribution in [2.24, 2.45) is 0 Å². The standard InChI is InChI=1S/C43H79O9P/c1-3-5-7-9-11-13-14-15-16-17-18-19-20-21-22-23-24-25-26-27-29-31-33-35-43(46)52-42(40-51-53(47,48)50-38-41(45)37-44)39-49-36-34-32-30-28-12-10-8-6-4-2/h5,7,11,13,15-16,18-19,41-42,44-45H,3-4,6,8-10,12,14,17,20-40H2,1-2H3,(H,47,48)/b7-5-,13-11-,16-15-,19-18-. The quantitative estimate of drug-likeness (QED) is 0.0241. The van der Waals surface area contributed by atoms with Crippen LogP contribution in [-0.2, 0) is 27.9 Å². The van der Waals surface area contributed by atoms with Crippen LogP contribution in [0.5, 0.6) is 0 Å². The Hall–Kier alpha value is -1.58. The number of aliphatic hydroxyl groups is 2. The average molecular weight is 771 g/mol. The molecule has 0 saturated carbocycles. The van der Waals surface area contributed by atoms with E-state index in [4.69, 9.17) is 23.6 Å². The number of allylic oxidation sites excluding steroid dienone is 8. The molecule has 9 nitrogen and oxygen atoms in total. The minimum absolute atomic E-state index is 0.0481. The van der Waals surface area contributed by atoms with E-state index >= 15 is 0 Å². The van der Waals surface area contributed by atoms with Crippen LogP contribution < -0.4 is 0 Å². The number of aliphatic hydroxyl groups excluding tert-OH is 2. The zero-order valence-electron chi connectivity index (χ0n) is 33.7. The molecule has 0 aromatic rings. The molecule has 0 aliphatic carbocycles. The monoisotopic (exact) mass is 771 g/mol. The maximum atomic E-state index is 12.6. The Balaban J connectivity index is 4.07. The fourth-order valence-electron chi connectivity index (χ4n) is 5.58.